The van der Waals surface area contributed by atoms with Gasteiger partial charge < -0.3 is 0 Å². The quantitative estimate of drug-likeness (QED) is 0.662. The number of benzene rings is 1. The molecule has 0 spiro atoms. The first-order valence-corrected chi connectivity index (χ1v) is 7.59. The van der Waals surface area contributed by atoms with Gasteiger partial charge in [-0.05, 0) is 38.1 Å². The van der Waals surface area contributed by atoms with E-state index >= 15 is 0 Å². The maximum Gasteiger partial charge on any atom is 0.179 e. The molecule has 1 atom stereocenters. The summed E-state index contributed by atoms with van der Waals surface area (Å²) in [5.74, 6) is 1.13. The number of hydrogen-bond donors (Lipinski definition) is 0. The second-order valence-corrected chi connectivity index (χ2v) is 5.59. The summed E-state index contributed by atoms with van der Waals surface area (Å²) in [6.07, 6.45) is 4.71. The van der Waals surface area contributed by atoms with E-state index in [-0.39, 0.29) is 11.8 Å². The highest BCUT2D eigenvalue weighted by Gasteiger charge is 2.30. The van der Waals surface area contributed by atoms with Crippen LogP contribution in [-0.4, -0.2) is 29.8 Å². The van der Waals surface area contributed by atoms with E-state index in [9.17, 15) is 4.79 Å². The molecule has 0 aromatic heterocycles. The van der Waals surface area contributed by atoms with Gasteiger partial charge in [0.05, 0.1) is 6.04 Å². The van der Waals surface area contributed by atoms with Crippen molar-refractivity contribution >= 4 is 5.78 Å². The fraction of sp³-hybridized carbons (Fsp3) is 0.588. The van der Waals surface area contributed by atoms with Crippen molar-refractivity contribution in [2.45, 2.75) is 45.6 Å². The van der Waals surface area contributed by atoms with E-state index < -0.39 is 0 Å². The average molecular weight is 259 g/mol. The molecule has 1 saturated carbocycles. The number of carbonyl (C=O) groups is 1. The third-order valence-electron chi connectivity index (χ3n) is 3.89. The van der Waals surface area contributed by atoms with Crippen molar-refractivity contribution in [2.75, 3.05) is 13.1 Å². The Hall–Kier alpha value is -1.15. The van der Waals surface area contributed by atoms with Gasteiger partial charge in [-0.25, -0.2) is 0 Å². The summed E-state index contributed by atoms with van der Waals surface area (Å²) in [5.41, 5.74) is 0.853. The first-order chi connectivity index (χ1) is 9.26. The summed E-state index contributed by atoms with van der Waals surface area (Å²) in [7, 11) is 0. The van der Waals surface area contributed by atoms with Gasteiger partial charge in [-0.3, -0.25) is 9.69 Å². The molecular weight excluding hydrogens is 234 g/mol. The highest BCUT2D eigenvalue weighted by molar-refractivity contribution is 6.00. The van der Waals surface area contributed by atoms with Crippen LogP contribution in [0.25, 0.3) is 0 Å². The lowest BCUT2D eigenvalue weighted by Gasteiger charge is -2.30. The van der Waals surface area contributed by atoms with E-state index in [1.807, 2.05) is 30.3 Å². The first-order valence-electron chi connectivity index (χ1n) is 7.59. The van der Waals surface area contributed by atoms with Crippen molar-refractivity contribution in [3.63, 3.8) is 0 Å². The van der Waals surface area contributed by atoms with Gasteiger partial charge in [0.25, 0.3) is 0 Å². The third kappa shape index (κ3) is 3.90. The second kappa shape index (κ2) is 6.85. The van der Waals surface area contributed by atoms with Crippen LogP contribution in [0.15, 0.2) is 30.3 Å². The predicted molar refractivity (Wildman–Crippen MR) is 79.4 cm³/mol. The van der Waals surface area contributed by atoms with Gasteiger partial charge in [0, 0.05) is 12.1 Å². The largest absolute Gasteiger partial charge is 0.293 e. The maximum atomic E-state index is 12.7. The standard InChI is InChI=1S/C17H25NO/c1-3-12-18(13-14-10-11-14)16(4-2)17(19)15-8-6-5-7-9-15/h5-9,14,16H,3-4,10-13H2,1-2H3. The molecule has 1 aliphatic carbocycles. The normalized spacial score (nSPS) is 16.6. The van der Waals surface area contributed by atoms with Crippen molar-refractivity contribution in [3.05, 3.63) is 35.9 Å². The minimum atomic E-state index is 0.0583. The monoisotopic (exact) mass is 259 g/mol. The Bertz CT molecular complexity index is 397. The first kappa shape index (κ1) is 14.3. The lowest BCUT2D eigenvalue weighted by atomic mass is 10.00. The van der Waals surface area contributed by atoms with E-state index in [4.69, 9.17) is 0 Å². The van der Waals surface area contributed by atoms with E-state index in [1.165, 1.54) is 12.8 Å². The average Bonchev–Trinajstić information content (AvgIpc) is 3.24. The zero-order valence-corrected chi connectivity index (χ0v) is 12.1. The Morgan fingerprint density at radius 2 is 1.95 bits per heavy atom. The molecule has 2 heteroatoms. The molecule has 1 aromatic carbocycles. The summed E-state index contributed by atoms with van der Waals surface area (Å²) >= 11 is 0. The number of carbonyl (C=O) groups excluding carboxylic acids is 1. The molecule has 0 bridgehead atoms. The van der Waals surface area contributed by atoms with Crippen LogP contribution in [0.5, 0.6) is 0 Å². The Kier molecular flexibility index (Phi) is 5.15. The van der Waals surface area contributed by atoms with Gasteiger partial charge in [-0.1, -0.05) is 44.2 Å². The van der Waals surface area contributed by atoms with Crippen molar-refractivity contribution < 1.29 is 4.79 Å². The Balaban J connectivity index is 2.09. The smallest absolute Gasteiger partial charge is 0.179 e. The molecular formula is C17H25NO. The van der Waals surface area contributed by atoms with Crippen LogP contribution in [0.4, 0.5) is 0 Å². The second-order valence-electron chi connectivity index (χ2n) is 5.59. The van der Waals surface area contributed by atoms with E-state index in [1.54, 1.807) is 0 Å². The Morgan fingerprint density at radius 3 is 2.47 bits per heavy atom. The molecule has 1 unspecified atom stereocenters. The van der Waals surface area contributed by atoms with Crippen molar-refractivity contribution in [1.29, 1.82) is 0 Å². The van der Waals surface area contributed by atoms with E-state index in [2.05, 4.69) is 18.7 Å². The summed E-state index contributed by atoms with van der Waals surface area (Å²) in [6, 6.07) is 9.79. The number of ketones is 1. The molecule has 0 N–H and O–H groups in total. The molecule has 0 radical (unpaired) electrons. The van der Waals surface area contributed by atoms with Gasteiger partial charge in [0.15, 0.2) is 5.78 Å². The van der Waals surface area contributed by atoms with Crippen molar-refractivity contribution in [3.8, 4) is 0 Å². The SMILES string of the molecule is CCCN(CC1CC1)C(CC)C(=O)c1ccccc1. The van der Waals surface area contributed by atoms with Gasteiger partial charge in [0.1, 0.15) is 0 Å². The van der Waals surface area contributed by atoms with Crippen LogP contribution in [0.3, 0.4) is 0 Å². The highest BCUT2D eigenvalue weighted by atomic mass is 16.1. The Morgan fingerprint density at radius 1 is 1.26 bits per heavy atom. The van der Waals surface area contributed by atoms with Crippen LogP contribution in [0.2, 0.25) is 0 Å². The predicted octanol–water partition coefficient (Wildman–Crippen LogP) is 3.77. The number of rotatable bonds is 8. The molecule has 19 heavy (non-hydrogen) atoms. The Labute approximate surface area is 116 Å². The van der Waals surface area contributed by atoms with Crippen LogP contribution >= 0.6 is 0 Å². The lowest BCUT2D eigenvalue weighted by molar-refractivity contribution is 0.0803. The summed E-state index contributed by atoms with van der Waals surface area (Å²) < 4.78 is 0. The van der Waals surface area contributed by atoms with Crippen LogP contribution in [-0.2, 0) is 0 Å². The lowest BCUT2D eigenvalue weighted by Crippen LogP contribution is -2.42. The summed E-state index contributed by atoms with van der Waals surface area (Å²) in [5, 5.41) is 0. The molecule has 1 fully saturated rings. The van der Waals surface area contributed by atoms with Crippen LogP contribution < -0.4 is 0 Å². The molecule has 0 amide bonds. The van der Waals surface area contributed by atoms with Gasteiger partial charge in [0.2, 0.25) is 0 Å². The fourth-order valence-corrected chi connectivity index (χ4v) is 2.70. The third-order valence-corrected chi connectivity index (χ3v) is 3.89. The number of nitrogens with zero attached hydrogens (tertiary/aromatic N) is 1. The molecule has 0 aliphatic heterocycles. The zero-order valence-electron chi connectivity index (χ0n) is 12.1. The van der Waals surface area contributed by atoms with Gasteiger partial charge >= 0.3 is 0 Å². The number of Topliss-reactive ketones (excluding diaryl/α,β-unsaturated/α-hetero) is 1. The van der Waals surface area contributed by atoms with E-state index in [0.29, 0.717) is 0 Å². The topological polar surface area (TPSA) is 20.3 Å². The van der Waals surface area contributed by atoms with Gasteiger partial charge in [-0.15, -0.1) is 0 Å². The molecule has 0 saturated heterocycles. The minimum absolute atomic E-state index is 0.0583. The van der Waals surface area contributed by atoms with Crippen molar-refractivity contribution in [1.82, 2.24) is 4.90 Å². The zero-order chi connectivity index (χ0) is 13.7. The molecule has 1 aliphatic rings. The molecule has 2 rings (SSSR count). The molecule has 1 aromatic rings. The van der Waals surface area contributed by atoms with Crippen LogP contribution in [0, 0.1) is 5.92 Å². The summed E-state index contributed by atoms with van der Waals surface area (Å²) in [6.45, 7) is 6.46. The molecule has 2 nitrogen and oxygen atoms in total. The molecule has 0 heterocycles. The fourth-order valence-electron chi connectivity index (χ4n) is 2.70. The molecule has 104 valence electrons. The minimum Gasteiger partial charge on any atom is -0.293 e. The van der Waals surface area contributed by atoms with E-state index in [0.717, 1.165) is 37.4 Å². The van der Waals surface area contributed by atoms with Crippen LogP contribution in [0.1, 0.15) is 49.9 Å². The summed E-state index contributed by atoms with van der Waals surface area (Å²) in [4.78, 5) is 15.1. The maximum absolute atomic E-state index is 12.7. The van der Waals surface area contributed by atoms with Crippen molar-refractivity contribution in [2.24, 2.45) is 5.92 Å². The van der Waals surface area contributed by atoms with Gasteiger partial charge in [-0.2, -0.15) is 0 Å². The number of hydrogen-bond acceptors (Lipinski definition) is 2. The highest BCUT2D eigenvalue weighted by Crippen LogP contribution is 2.31.